The topological polar surface area (TPSA) is 84.2 Å². The molecule has 0 aliphatic carbocycles. The number of hydrogen-bond donors (Lipinski definition) is 3. The standard InChI is InChI=1S/C15H22ClN3O2.ClH/c1-9(2)18-15(21)12-6-5-11(16)8-13(12)19-14(20)7-4-10(3)17;/h5-6,8-10H,4,7,17H2,1-3H3,(H,18,21)(H,19,20);1H. The maximum Gasteiger partial charge on any atom is 0.253 e. The highest BCUT2D eigenvalue weighted by Gasteiger charge is 2.15. The zero-order chi connectivity index (χ0) is 16.0. The van der Waals surface area contributed by atoms with Gasteiger partial charge in [-0.3, -0.25) is 9.59 Å². The Hall–Kier alpha value is -1.30. The molecule has 5 nitrogen and oxygen atoms in total. The van der Waals surface area contributed by atoms with E-state index in [1.165, 1.54) is 0 Å². The number of nitrogens with two attached hydrogens (primary N) is 1. The van der Waals surface area contributed by atoms with Gasteiger partial charge in [0, 0.05) is 23.5 Å². The van der Waals surface area contributed by atoms with Crippen molar-refractivity contribution in [1.82, 2.24) is 5.32 Å². The molecule has 4 N–H and O–H groups in total. The zero-order valence-corrected chi connectivity index (χ0v) is 14.6. The lowest BCUT2D eigenvalue weighted by Gasteiger charge is -2.14. The first kappa shape index (κ1) is 20.7. The van der Waals surface area contributed by atoms with Crippen molar-refractivity contribution in [3.05, 3.63) is 28.8 Å². The Morgan fingerprint density at radius 1 is 1.27 bits per heavy atom. The van der Waals surface area contributed by atoms with Gasteiger partial charge >= 0.3 is 0 Å². The van der Waals surface area contributed by atoms with Crippen LogP contribution in [0.25, 0.3) is 0 Å². The molecule has 0 fully saturated rings. The van der Waals surface area contributed by atoms with Crippen molar-refractivity contribution < 1.29 is 9.59 Å². The van der Waals surface area contributed by atoms with E-state index in [4.69, 9.17) is 17.3 Å². The van der Waals surface area contributed by atoms with E-state index >= 15 is 0 Å². The van der Waals surface area contributed by atoms with Gasteiger partial charge in [-0.25, -0.2) is 0 Å². The average molecular weight is 348 g/mol. The number of nitrogens with one attached hydrogen (secondary N) is 2. The van der Waals surface area contributed by atoms with Crippen molar-refractivity contribution in [2.45, 2.75) is 45.7 Å². The van der Waals surface area contributed by atoms with Crippen LogP contribution in [0, 0.1) is 0 Å². The van der Waals surface area contributed by atoms with Crippen LogP contribution in [-0.4, -0.2) is 23.9 Å². The second-order valence-electron chi connectivity index (χ2n) is 5.38. The molecule has 1 aromatic rings. The van der Waals surface area contributed by atoms with Gasteiger partial charge in [0.05, 0.1) is 11.3 Å². The maximum absolute atomic E-state index is 12.1. The SMILES string of the molecule is CC(N)CCC(=O)Nc1cc(Cl)ccc1C(=O)NC(C)C.Cl. The minimum absolute atomic E-state index is 0. The molecular weight excluding hydrogens is 325 g/mol. The molecule has 124 valence electrons. The van der Waals surface area contributed by atoms with E-state index in [0.29, 0.717) is 29.1 Å². The van der Waals surface area contributed by atoms with E-state index in [2.05, 4.69) is 10.6 Å². The summed E-state index contributed by atoms with van der Waals surface area (Å²) in [5.41, 5.74) is 6.43. The Morgan fingerprint density at radius 3 is 2.45 bits per heavy atom. The molecule has 0 spiro atoms. The van der Waals surface area contributed by atoms with Crippen LogP contribution in [-0.2, 0) is 4.79 Å². The number of carbonyl (C=O) groups is 2. The third-order valence-electron chi connectivity index (χ3n) is 2.75. The molecule has 0 bridgehead atoms. The molecule has 0 heterocycles. The number of hydrogen-bond acceptors (Lipinski definition) is 3. The number of halogens is 2. The van der Waals surface area contributed by atoms with Crippen molar-refractivity contribution in [3.8, 4) is 0 Å². The van der Waals surface area contributed by atoms with Gasteiger partial charge in [0.25, 0.3) is 5.91 Å². The molecule has 1 atom stereocenters. The predicted octanol–water partition coefficient (Wildman–Crippen LogP) is 2.97. The van der Waals surface area contributed by atoms with Gasteiger partial charge in [0.2, 0.25) is 5.91 Å². The summed E-state index contributed by atoms with van der Waals surface area (Å²) in [6.45, 7) is 5.58. The molecule has 0 radical (unpaired) electrons. The molecule has 1 unspecified atom stereocenters. The fourth-order valence-electron chi connectivity index (χ4n) is 1.73. The molecule has 0 aromatic heterocycles. The Labute approximate surface area is 142 Å². The molecule has 1 rings (SSSR count). The number of amides is 2. The number of carbonyl (C=O) groups excluding carboxylic acids is 2. The summed E-state index contributed by atoms with van der Waals surface area (Å²) in [6.07, 6.45) is 0.884. The average Bonchev–Trinajstić information content (AvgIpc) is 2.35. The van der Waals surface area contributed by atoms with Crippen LogP contribution >= 0.6 is 24.0 Å². The quantitative estimate of drug-likeness (QED) is 0.739. The number of anilines is 1. The fourth-order valence-corrected chi connectivity index (χ4v) is 1.90. The molecule has 0 aliphatic heterocycles. The highest BCUT2D eigenvalue weighted by molar-refractivity contribution is 6.31. The lowest BCUT2D eigenvalue weighted by atomic mass is 10.1. The Balaban J connectivity index is 0.00000441. The van der Waals surface area contributed by atoms with E-state index in [1.807, 2.05) is 20.8 Å². The third-order valence-corrected chi connectivity index (χ3v) is 2.98. The smallest absolute Gasteiger partial charge is 0.253 e. The van der Waals surface area contributed by atoms with Crippen LogP contribution in [0.4, 0.5) is 5.69 Å². The predicted molar refractivity (Wildman–Crippen MR) is 92.8 cm³/mol. The van der Waals surface area contributed by atoms with E-state index < -0.39 is 0 Å². The fraction of sp³-hybridized carbons (Fsp3) is 0.467. The van der Waals surface area contributed by atoms with Gasteiger partial charge in [-0.15, -0.1) is 12.4 Å². The molecule has 1 aromatic carbocycles. The summed E-state index contributed by atoms with van der Waals surface area (Å²) < 4.78 is 0. The minimum atomic E-state index is -0.246. The van der Waals surface area contributed by atoms with Crippen molar-refractivity contribution in [3.63, 3.8) is 0 Å². The van der Waals surface area contributed by atoms with E-state index in [9.17, 15) is 9.59 Å². The Kier molecular flexibility index (Phi) is 9.09. The number of rotatable bonds is 6. The van der Waals surface area contributed by atoms with Crippen LogP contribution < -0.4 is 16.4 Å². The van der Waals surface area contributed by atoms with Crippen LogP contribution in [0.15, 0.2) is 18.2 Å². The second kappa shape index (κ2) is 9.66. The number of benzene rings is 1. The van der Waals surface area contributed by atoms with Crippen LogP contribution in [0.1, 0.15) is 44.0 Å². The van der Waals surface area contributed by atoms with Crippen molar-refractivity contribution in [2.75, 3.05) is 5.32 Å². The first-order valence-corrected chi connectivity index (χ1v) is 7.33. The first-order valence-electron chi connectivity index (χ1n) is 6.95. The van der Waals surface area contributed by atoms with E-state index in [-0.39, 0.29) is 36.3 Å². The van der Waals surface area contributed by atoms with Gasteiger partial charge in [-0.05, 0) is 45.4 Å². The highest BCUT2D eigenvalue weighted by Crippen LogP contribution is 2.21. The summed E-state index contributed by atoms with van der Waals surface area (Å²) in [6, 6.07) is 4.75. The van der Waals surface area contributed by atoms with Crippen LogP contribution in [0.3, 0.4) is 0 Å². The molecule has 7 heteroatoms. The molecule has 0 saturated heterocycles. The van der Waals surface area contributed by atoms with Crippen LogP contribution in [0.2, 0.25) is 5.02 Å². The van der Waals surface area contributed by atoms with Gasteiger partial charge in [-0.2, -0.15) is 0 Å². The van der Waals surface area contributed by atoms with E-state index in [1.54, 1.807) is 18.2 Å². The van der Waals surface area contributed by atoms with Gasteiger partial charge in [0.15, 0.2) is 0 Å². The summed E-state index contributed by atoms with van der Waals surface area (Å²) in [7, 11) is 0. The van der Waals surface area contributed by atoms with Crippen molar-refractivity contribution in [2.24, 2.45) is 5.73 Å². The Bertz CT molecular complexity index is 520. The van der Waals surface area contributed by atoms with Crippen molar-refractivity contribution in [1.29, 1.82) is 0 Å². The van der Waals surface area contributed by atoms with Crippen molar-refractivity contribution >= 4 is 41.5 Å². The lowest BCUT2D eigenvalue weighted by Crippen LogP contribution is -2.31. The molecule has 0 aliphatic rings. The van der Waals surface area contributed by atoms with Gasteiger partial charge in [0.1, 0.15) is 0 Å². The molecule has 2 amide bonds. The lowest BCUT2D eigenvalue weighted by molar-refractivity contribution is -0.116. The summed E-state index contributed by atoms with van der Waals surface area (Å²) >= 11 is 5.94. The monoisotopic (exact) mass is 347 g/mol. The first-order chi connectivity index (χ1) is 9.79. The highest BCUT2D eigenvalue weighted by atomic mass is 35.5. The second-order valence-corrected chi connectivity index (χ2v) is 5.82. The summed E-state index contributed by atoms with van der Waals surface area (Å²) in [4.78, 5) is 24.0. The van der Waals surface area contributed by atoms with E-state index in [0.717, 1.165) is 0 Å². The largest absolute Gasteiger partial charge is 0.350 e. The third kappa shape index (κ3) is 7.11. The Morgan fingerprint density at radius 2 is 1.91 bits per heavy atom. The van der Waals surface area contributed by atoms with Gasteiger partial charge in [-0.1, -0.05) is 11.6 Å². The maximum atomic E-state index is 12.1. The summed E-state index contributed by atoms with van der Waals surface area (Å²) in [5, 5.41) is 5.97. The molecule has 0 saturated carbocycles. The van der Waals surface area contributed by atoms with Crippen LogP contribution in [0.5, 0.6) is 0 Å². The van der Waals surface area contributed by atoms with Gasteiger partial charge < -0.3 is 16.4 Å². The molecular formula is C15H23Cl2N3O2. The zero-order valence-electron chi connectivity index (χ0n) is 13.0. The minimum Gasteiger partial charge on any atom is -0.350 e. The normalized spacial score (nSPS) is 11.5. The summed E-state index contributed by atoms with van der Waals surface area (Å²) in [5.74, 6) is -0.433. The molecule has 22 heavy (non-hydrogen) atoms.